The number of nitrogens with zero attached hydrogens (tertiary/aromatic N) is 2. The van der Waals surface area contributed by atoms with E-state index in [9.17, 15) is 9.90 Å². The number of methoxy groups -OCH3 is 1. The Labute approximate surface area is 124 Å². The molecule has 0 aromatic carbocycles. The zero-order valence-corrected chi connectivity index (χ0v) is 12.3. The molecule has 1 atom stereocenters. The average molecular weight is 288 g/mol. The lowest BCUT2D eigenvalue weighted by molar-refractivity contribution is 0.0600. The zero-order valence-electron chi connectivity index (χ0n) is 12.3. The molecule has 1 unspecified atom stereocenters. The second-order valence-electron chi connectivity index (χ2n) is 4.95. The highest BCUT2D eigenvalue weighted by atomic mass is 16.5. The van der Waals surface area contributed by atoms with Crippen molar-refractivity contribution in [1.29, 1.82) is 0 Å². The summed E-state index contributed by atoms with van der Waals surface area (Å²) in [6, 6.07) is 5.42. The SMILES string of the molecule is CCCC(O)c1ccn(Cc2ccc(C(=O)OC)cn2)c1. The molecule has 21 heavy (non-hydrogen) atoms. The normalized spacial score (nSPS) is 12.1. The van der Waals surface area contributed by atoms with Gasteiger partial charge in [0.1, 0.15) is 0 Å². The third kappa shape index (κ3) is 3.92. The Morgan fingerprint density at radius 2 is 2.24 bits per heavy atom. The molecule has 0 radical (unpaired) electrons. The van der Waals surface area contributed by atoms with Gasteiger partial charge in [0.15, 0.2) is 0 Å². The van der Waals surface area contributed by atoms with Crippen LogP contribution in [0.2, 0.25) is 0 Å². The number of rotatable bonds is 6. The number of esters is 1. The van der Waals surface area contributed by atoms with E-state index >= 15 is 0 Å². The number of ether oxygens (including phenoxy) is 1. The molecule has 2 aromatic rings. The van der Waals surface area contributed by atoms with Crippen molar-refractivity contribution in [2.75, 3.05) is 7.11 Å². The highest BCUT2D eigenvalue weighted by molar-refractivity contribution is 5.88. The summed E-state index contributed by atoms with van der Waals surface area (Å²) in [5, 5.41) is 9.94. The van der Waals surface area contributed by atoms with Crippen molar-refractivity contribution in [3.8, 4) is 0 Å². The molecule has 0 saturated carbocycles. The number of carbonyl (C=O) groups excluding carboxylic acids is 1. The molecule has 0 spiro atoms. The number of hydrogen-bond acceptors (Lipinski definition) is 4. The lowest BCUT2D eigenvalue weighted by atomic mass is 10.1. The van der Waals surface area contributed by atoms with Gasteiger partial charge in [-0.15, -0.1) is 0 Å². The van der Waals surface area contributed by atoms with Crippen LogP contribution >= 0.6 is 0 Å². The van der Waals surface area contributed by atoms with Gasteiger partial charge in [-0.05, 0) is 30.2 Å². The molecule has 1 N–H and O–H groups in total. The monoisotopic (exact) mass is 288 g/mol. The van der Waals surface area contributed by atoms with Crippen molar-refractivity contribution in [3.05, 3.63) is 53.6 Å². The minimum absolute atomic E-state index is 0.389. The molecule has 0 fully saturated rings. The number of pyridine rings is 1. The number of aliphatic hydroxyl groups is 1. The Balaban J connectivity index is 2.03. The minimum atomic E-state index is -0.411. The molecule has 0 bridgehead atoms. The summed E-state index contributed by atoms with van der Waals surface area (Å²) in [6.07, 6.45) is 6.66. The first-order chi connectivity index (χ1) is 10.1. The van der Waals surface area contributed by atoms with Gasteiger partial charge in [-0.25, -0.2) is 4.79 Å². The first-order valence-electron chi connectivity index (χ1n) is 7.01. The van der Waals surface area contributed by atoms with E-state index in [4.69, 9.17) is 0 Å². The molecule has 0 aliphatic heterocycles. The lowest BCUT2D eigenvalue weighted by Gasteiger charge is -2.07. The van der Waals surface area contributed by atoms with Gasteiger partial charge in [0.2, 0.25) is 0 Å². The molecule has 0 amide bonds. The molecular formula is C16H20N2O3. The van der Waals surface area contributed by atoms with Gasteiger partial charge in [-0.1, -0.05) is 13.3 Å². The molecule has 2 heterocycles. The molecule has 0 aliphatic rings. The molecule has 0 aliphatic carbocycles. The van der Waals surface area contributed by atoms with Crippen molar-refractivity contribution in [2.24, 2.45) is 0 Å². The van der Waals surface area contributed by atoms with Gasteiger partial charge in [-0.2, -0.15) is 0 Å². The zero-order chi connectivity index (χ0) is 15.2. The Morgan fingerprint density at radius 1 is 1.43 bits per heavy atom. The van der Waals surface area contributed by atoms with Crippen LogP contribution in [0.1, 0.15) is 47.5 Å². The summed E-state index contributed by atoms with van der Waals surface area (Å²) in [5.41, 5.74) is 2.20. The van der Waals surface area contributed by atoms with Gasteiger partial charge >= 0.3 is 5.97 Å². The third-order valence-corrected chi connectivity index (χ3v) is 3.31. The highest BCUT2D eigenvalue weighted by Crippen LogP contribution is 2.18. The Kier molecular flexibility index (Phi) is 5.11. The molecule has 0 saturated heterocycles. The van der Waals surface area contributed by atoms with Crippen LogP contribution < -0.4 is 0 Å². The van der Waals surface area contributed by atoms with Crippen LogP contribution in [0.5, 0.6) is 0 Å². The molecule has 5 nitrogen and oxygen atoms in total. The Bertz CT molecular complexity index is 590. The van der Waals surface area contributed by atoms with E-state index in [0.29, 0.717) is 12.1 Å². The van der Waals surface area contributed by atoms with Gasteiger partial charge < -0.3 is 14.4 Å². The van der Waals surface area contributed by atoms with Crippen molar-refractivity contribution < 1.29 is 14.6 Å². The Hall–Kier alpha value is -2.14. The predicted octanol–water partition coefficient (Wildman–Crippen LogP) is 2.55. The van der Waals surface area contributed by atoms with Gasteiger partial charge in [-0.3, -0.25) is 4.98 Å². The molecule has 5 heteroatoms. The molecule has 2 aromatic heterocycles. The summed E-state index contributed by atoms with van der Waals surface area (Å²) in [7, 11) is 1.35. The largest absolute Gasteiger partial charge is 0.465 e. The predicted molar refractivity (Wildman–Crippen MR) is 79.0 cm³/mol. The summed E-state index contributed by atoms with van der Waals surface area (Å²) in [4.78, 5) is 15.6. The molecule has 2 rings (SSSR count). The highest BCUT2D eigenvalue weighted by Gasteiger charge is 2.09. The third-order valence-electron chi connectivity index (χ3n) is 3.31. The maximum Gasteiger partial charge on any atom is 0.339 e. The molecule has 112 valence electrons. The second-order valence-corrected chi connectivity index (χ2v) is 4.95. The van der Waals surface area contributed by atoms with Crippen LogP contribution in [-0.4, -0.2) is 27.7 Å². The topological polar surface area (TPSA) is 64.4 Å². The number of hydrogen-bond donors (Lipinski definition) is 1. The van der Waals surface area contributed by atoms with E-state index < -0.39 is 6.10 Å². The standard InChI is InChI=1S/C16H20N2O3/c1-3-4-15(19)13-7-8-18(10-13)11-14-6-5-12(9-17-14)16(20)21-2/h5-10,15,19H,3-4,11H2,1-2H3. The van der Waals surface area contributed by atoms with Crippen molar-refractivity contribution >= 4 is 5.97 Å². The van der Waals surface area contributed by atoms with Crippen LogP contribution in [0.25, 0.3) is 0 Å². The first-order valence-corrected chi connectivity index (χ1v) is 7.01. The van der Waals surface area contributed by atoms with Crippen LogP contribution in [0, 0.1) is 0 Å². The number of aromatic nitrogens is 2. The number of aliphatic hydroxyl groups excluding tert-OH is 1. The number of carbonyl (C=O) groups is 1. The fraction of sp³-hybridized carbons (Fsp3) is 0.375. The maximum atomic E-state index is 11.3. The van der Waals surface area contributed by atoms with Crippen molar-refractivity contribution in [1.82, 2.24) is 9.55 Å². The Morgan fingerprint density at radius 3 is 2.86 bits per heavy atom. The van der Waals surface area contributed by atoms with E-state index in [2.05, 4.69) is 9.72 Å². The van der Waals surface area contributed by atoms with E-state index in [1.807, 2.05) is 30.0 Å². The average Bonchev–Trinajstić information content (AvgIpc) is 2.96. The lowest BCUT2D eigenvalue weighted by Crippen LogP contribution is -2.04. The first kappa shape index (κ1) is 15.3. The van der Waals surface area contributed by atoms with Crippen LogP contribution in [0.15, 0.2) is 36.8 Å². The van der Waals surface area contributed by atoms with Crippen molar-refractivity contribution in [3.63, 3.8) is 0 Å². The van der Waals surface area contributed by atoms with Gasteiger partial charge in [0.05, 0.1) is 31.0 Å². The maximum absolute atomic E-state index is 11.3. The summed E-state index contributed by atoms with van der Waals surface area (Å²) in [5.74, 6) is -0.389. The fourth-order valence-corrected chi connectivity index (χ4v) is 2.14. The van der Waals surface area contributed by atoms with E-state index in [-0.39, 0.29) is 5.97 Å². The molecular weight excluding hydrogens is 268 g/mol. The summed E-state index contributed by atoms with van der Waals surface area (Å²) in [6.45, 7) is 2.65. The van der Waals surface area contributed by atoms with E-state index in [0.717, 1.165) is 24.1 Å². The quantitative estimate of drug-likeness (QED) is 0.830. The summed E-state index contributed by atoms with van der Waals surface area (Å²) >= 11 is 0. The van der Waals surface area contributed by atoms with Crippen LogP contribution in [0.3, 0.4) is 0 Å². The fourth-order valence-electron chi connectivity index (χ4n) is 2.14. The smallest absolute Gasteiger partial charge is 0.339 e. The van der Waals surface area contributed by atoms with E-state index in [1.165, 1.54) is 13.3 Å². The van der Waals surface area contributed by atoms with Gasteiger partial charge in [0.25, 0.3) is 0 Å². The van der Waals surface area contributed by atoms with Crippen LogP contribution in [0.4, 0.5) is 0 Å². The van der Waals surface area contributed by atoms with Gasteiger partial charge in [0, 0.05) is 18.6 Å². The van der Waals surface area contributed by atoms with Crippen LogP contribution in [-0.2, 0) is 11.3 Å². The minimum Gasteiger partial charge on any atom is -0.465 e. The summed E-state index contributed by atoms with van der Waals surface area (Å²) < 4.78 is 6.60. The second kappa shape index (κ2) is 7.04. The van der Waals surface area contributed by atoms with Crippen molar-refractivity contribution in [2.45, 2.75) is 32.4 Å². The van der Waals surface area contributed by atoms with E-state index in [1.54, 1.807) is 12.1 Å².